The number of pyridine rings is 2. The standard InChI is InChI=1S/C19H21N3O3/c1-13-6-7-14(10-21-13)19(23)22-12-17(18-16(22)5-3-9-24-18)25-15-4-2-8-20-11-15/h2,4,6-8,10-11,16-18H,3,5,9,12H2,1H3/t16-,17-,18+/m1/s1. The van der Waals surface area contributed by atoms with Gasteiger partial charge in [-0.25, -0.2) is 0 Å². The van der Waals surface area contributed by atoms with Crippen molar-refractivity contribution in [2.45, 2.75) is 38.0 Å². The Labute approximate surface area is 146 Å². The summed E-state index contributed by atoms with van der Waals surface area (Å²) in [7, 11) is 0. The Bertz CT molecular complexity index is 735. The molecule has 0 bridgehead atoms. The molecular weight excluding hydrogens is 318 g/mol. The van der Waals surface area contributed by atoms with Gasteiger partial charge in [-0.15, -0.1) is 0 Å². The van der Waals surface area contributed by atoms with Crippen molar-refractivity contribution in [2.75, 3.05) is 13.2 Å². The van der Waals surface area contributed by atoms with E-state index in [0.717, 1.165) is 18.5 Å². The molecule has 2 aliphatic heterocycles. The van der Waals surface area contributed by atoms with E-state index in [4.69, 9.17) is 9.47 Å². The molecule has 2 aliphatic rings. The molecule has 0 saturated carbocycles. The molecule has 3 atom stereocenters. The van der Waals surface area contributed by atoms with Crippen molar-refractivity contribution in [1.82, 2.24) is 14.9 Å². The number of fused-ring (bicyclic) bond motifs is 1. The van der Waals surface area contributed by atoms with Crippen molar-refractivity contribution < 1.29 is 14.3 Å². The van der Waals surface area contributed by atoms with Crippen LogP contribution in [0.5, 0.6) is 5.75 Å². The summed E-state index contributed by atoms with van der Waals surface area (Å²) >= 11 is 0. The van der Waals surface area contributed by atoms with Crippen molar-refractivity contribution in [2.24, 2.45) is 0 Å². The molecule has 1 amide bonds. The number of aromatic nitrogens is 2. The summed E-state index contributed by atoms with van der Waals surface area (Å²) in [4.78, 5) is 23.2. The quantitative estimate of drug-likeness (QED) is 0.858. The number of carbonyl (C=O) groups is 1. The molecule has 0 radical (unpaired) electrons. The lowest BCUT2D eigenvalue weighted by Crippen LogP contribution is -2.44. The summed E-state index contributed by atoms with van der Waals surface area (Å²) in [5.41, 5.74) is 1.51. The lowest BCUT2D eigenvalue weighted by atomic mass is 10.0. The van der Waals surface area contributed by atoms with Crippen LogP contribution in [0.15, 0.2) is 42.9 Å². The number of aryl methyl sites for hydroxylation is 1. The molecule has 0 unspecified atom stereocenters. The zero-order valence-corrected chi connectivity index (χ0v) is 14.2. The van der Waals surface area contributed by atoms with Crippen LogP contribution in [0.3, 0.4) is 0 Å². The summed E-state index contributed by atoms with van der Waals surface area (Å²) in [6.45, 7) is 3.13. The van der Waals surface area contributed by atoms with Gasteiger partial charge < -0.3 is 14.4 Å². The average Bonchev–Trinajstić information content (AvgIpc) is 3.01. The Hall–Kier alpha value is -2.47. The number of hydrogen-bond acceptors (Lipinski definition) is 5. The van der Waals surface area contributed by atoms with Crippen molar-refractivity contribution in [3.63, 3.8) is 0 Å². The molecule has 0 aromatic carbocycles. The molecule has 130 valence electrons. The Morgan fingerprint density at radius 2 is 2.24 bits per heavy atom. The lowest BCUT2D eigenvalue weighted by molar-refractivity contribution is -0.0447. The number of amides is 1. The molecule has 6 heteroatoms. The van der Waals surface area contributed by atoms with Gasteiger partial charge >= 0.3 is 0 Å². The third-order valence-electron chi connectivity index (χ3n) is 4.82. The Morgan fingerprint density at radius 3 is 3.00 bits per heavy atom. The second-order valence-electron chi connectivity index (χ2n) is 6.54. The number of nitrogens with zero attached hydrogens (tertiary/aromatic N) is 3. The largest absolute Gasteiger partial charge is 0.484 e. The third kappa shape index (κ3) is 3.22. The normalized spacial score (nSPS) is 25.5. The Kier molecular flexibility index (Phi) is 4.36. The molecule has 2 aromatic rings. The van der Waals surface area contributed by atoms with Crippen LogP contribution < -0.4 is 4.74 Å². The van der Waals surface area contributed by atoms with Gasteiger partial charge in [0, 0.05) is 24.7 Å². The van der Waals surface area contributed by atoms with E-state index in [-0.39, 0.29) is 24.2 Å². The SMILES string of the molecule is Cc1ccc(C(=O)N2C[C@@H](Oc3cccnc3)[C@H]3OCCC[C@H]32)cn1. The van der Waals surface area contributed by atoms with Crippen LogP contribution in [0.1, 0.15) is 28.9 Å². The van der Waals surface area contributed by atoms with Crippen LogP contribution in [0.25, 0.3) is 0 Å². The number of rotatable bonds is 3. The minimum atomic E-state index is -0.183. The highest BCUT2D eigenvalue weighted by Crippen LogP contribution is 2.32. The molecule has 6 nitrogen and oxygen atoms in total. The first kappa shape index (κ1) is 16.0. The maximum absolute atomic E-state index is 13.0. The topological polar surface area (TPSA) is 64.6 Å². The molecule has 2 fully saturated rings. The minimum Gasteiger partial charge on any atom is -0.484 e. The van der Waals surface area contributed by atoms with Gasteiger partial charge in [0.25, 0.3) is 5.91 Å². The summed E-state index contributed by atoms with van der Waals surface area (Å²) in [6.07, 6.45) is 6.65. The third-order valence-corrected chi connectivity index (χ3v) is 4.82. The predicted octanol–water partition coefficient (Wildman–Crippen LogP) is 2.24. The van der Waals surface area contributed by atoms with Gasteiger partial charge in [0.1, 0.15) is 18.0 Å². The molecule has 2 aromatic heterocycles. The van der Waals surface area contributed by atoms with Crippen LogP contribution in [0.4, 0.5) is 0 Å². The van der Waals surface area contributed by atoms with Crippen molar-refractivity contribution in [3.05, 3.63) is 54.1 Å². The number of carbonyl (C=O) groups excluding carboxylic acids is 1. The van der Waals surface area contributed by atoms with E-state index in [9.17, 15) is 4.79 Å². The molecule has 2 saturated heterocycles. The fraction of sp³-hybridized carbons (Fsp3) is 0.421. The van der Waals surface area contributed by atoms with Gasteiger partial charge in [0.2, 0.25) is 0 Å². The first-order chi connectivity index (χ1) is 12.2. The van der Waals surface area contributed by atoms with E-state index in [0.29, 0.717) is 24.5 Å². The van der Waals surface area contributed by atoms with Crippen molar-refractivity contribution >= 4 is 5.91 Å². The summed E-state index contributed by atoms with van der Waals surface area (Å²) < 4.78 is 12.1. The van der Waals surface area contributed by atoms with Gasteiger partial charge in [-0.05, 0) is 44.0 Å². The van der Waals surface area contributed by atoms with Gasteiger partial charge in [-0.2, -0.15) is 0 Å². The molecular formula is C19H21N3O3. The fourth-order valence-electron chi connectivity index (χ4n) is 3.60. The first-order valence-electron chi connectivity index (χ1n) is 8.64. The average molecular weight is 339 g/mol. The molecule has 4 rings (SSSR count). The maximum atomic E-state index is 13.0. The molecule has 4 heterocycles. The van der Waals surface area contributed by atoms with Gasteiger partial charge in [-0.3, -0.25) is 14.8 Å². The van der Waals surface area contributed by atoms with Crippen LogP contribution in [-0.2, 0) is 4.74 Å². The second kappa shape index (κ2) is 6.80. The molecule has 0 spiro atoms. The number of ether oxygens (including phenoxy) is 2. The molecule has 25 heavy (non-hydrogen) atoms. The summed E-state index contributed by atoms with van der Waals surface area (Å²) in [5.74, 6) is 0.692. The fourth-order valence-corrected chi connectivity index (χ4v) is 3.60. The van der Waals surface area contributed by atoms with E-state index in [2.05, 4.69) is 9.97 Å². The predicted molar refractivity (Wildman–Crippen MR) is 91.4 cm³/mol. The van der Waals surface area contributed by atoms with Crippen LogP contribution in [0, 0.1) is 6.92 Å². The lowest BCUT2D eigenvalue weighted by Gasteiger charge is -2.32. The number of hydrogen-bond donors (Lipinski definition) is 0. The van der Waals surface area contributed by atoms with Crippen molar-refractivity contribution in [3.8, 4) is 5.75 Å². The van der Waals surface area contributed by atoms with Gasteiger partial charge in [0.05, 0.1) is 24.3 Å². The van der Waals surface area contributed by atoms with Gasteiger partial charge in [0.15, 0.2) is 0 Å². The number of likely N-dealkylation sites (tertiary alicyclic amines) is 1. The van der Waals surface area contributed by atoms with Gasteiger partial charge in [-0.1, -0.05) is 0 Å². The van der Waals surface area contributed by atoms with E-state index < -0.39 is 0 Å². The highest BCUT2D eigenvalue weighted by atomic mass is 16.5. The molecule has 0 aliphatic carbocycles. The van der Waals surface area contributed by atoms with Crippen LogP contribution in [-0.4, -0.2) is 52.2 Å². The monoisotopic (exact) mass is 339 g/mol. The molecule has 0 N–H and O–H groups in total. The zero-order chi connectivity index (χ0) is 17.2. The summed E-state index contributed by atoms with van der Waals surface area (Å²) in [6, 6.07) is 7.45. The maximum Gasteiger partial charge on any atom is 0.255 e. The minimum absolute atomic E-state index is 0.00899. The van der Waals surface area contributed by atoms with E-state index in [1.165, 1.54) is 0 Å². The highest BCUT2D eigenvalue weighted by Gasteiger charge is 2.47. The Balaban J connectivity index is 1.56. The van der Waals surface area contributed by atoms with E-state index >= 15 is 0 Å². The summed E-state index contributed by atoms with van der Waals surface area (Å²) in [5, 5.41) is 0. The smallest absolute Gasteiger partial charge is 0.255 e. The van der Waals surface area contributed by atoms with Crippen LogP contribution >= 0.6 is 0 Å². The zero-order valence-electron chi connectivity index (χ0n) is 14.2. The first-order valence-corrected chi connectivity index (χ1v) is 8.64. The Morgan fingerprint density at radius 1 is 1.32 bits per heavy atom. The second-order valence-corrected chi connectivity index (χ2v) is 6.54. The van der Waals surface area contributed by atoms with Crippen LogP contribution in [0.2, 0.25) is 0 Å². The van der Waals surface area contributed by atoms with E-state index in [1.807, 2.05) is 36.1 Å². The van der Waals surface area contributed by atoms with E-state index in [1.54, 1.807) is 18.6 Å². The highest BCUT2D eigenvalue weighted by molar-refractivity contribution is 5.94. The van der Waals surface area contributed by atoms with Crippen molar-refractivity contribution in [1.29, 1.82) is 0 Å².